The van der Waals surface area contributed by atoms with Crippen LogP contribution in [0.25, 0.3) is 0 Å². The van der Waals surface area contributed by atoms with Gasteiger partial charge in [-0.3, -0.25) is 0 Å². The van der Waals surface area contributed by atoms with Gasteiger partial charge in [0.25, 0.3) is 0 Å². The highest BCUT2D eigenvalue weighted by Crippen LogP contribution is 2.27. The van der Waals surface area contributed by atoms with Crippen LogP contribution in [0.2, 0.25) is 0 Å². The smallest absolute Gasteiger partial charge is 0.0399 e. The largest absolute Gasteiger partial charge is 0.371 e. The lowest BCUT2D eigenvalue weighted by Gasteiger charge is -2.28. The fraction of sp³-hybridized carbons (Fsp3) is 0.647. The van der Waals surface area contributed by atoms with Crippen LogP contribution in [0.15, 0.2) is 24.3 Å². The number of anilines is 1. The zero-order valence-corrected chi connectivity index (χ0v) is 12.4. The summed E-state index contributed by atoms with van der Waals surface area (Å²) < 4.78 is 0. The Hall–Kier alpha value is -1.06. The zero-order valence-electron chi connectivity index (χ0n) is 12.4. The van der Waals surface area contributed by atoms with Gasteiger partial charge in [0.05, 0.1) is 0 Å². The molecule has 0 spiro atoms. The quantitative estimate of drug-likeness (QED) is 0.809. The molecule has 3 N–H and O–H groups in total. The summed E-state index contributed by atoms with van der Waals surface area (Å²) in [6, 6.07) is 9.90. The van der Waals surface area contributed by atoms with Crippen LogP contribution in [-0.4, -0.2) is 31.7 Å². The first-order valence-corrected chi connectivity index (χ1v) is 8.15. The van der Waals surface area contributed by atoms with Gasteiger partial charge >= 0.3 is 0 Å². The van der Waals surface area contributed by atoms with Crippen molar-refractivity contribution in [2.45, 2.75) is 50.6 Å². The number of nitrogens with two attached hydrogens (primary N) is 1. The predicted octanol–water partition coefficient (Wildman–Crippen LogP) is 2.30. The Morgan fingerprint density at radius 3 is 3.05 bits per heavy atom. The number of nitrogens with one attached hydrogen (secondary N) is 1. The van der Waals surface area contributed by atoms with Crippen LogP contribution in [0.5, 0.6) is 0 Å². The molecule has 1 saturated carbocycles. The molecule has 1 fully saturated rings. The van der Waals surface area contributed by atoms with Gasteiger partial charge in [0, 0.05) is 30.9 Å². The summed E-state index contributed by atoms with van der Waals surface area (Å²) in [6.07, 6.45) is 7.40. The van der Waals surface area contributed by atoms with Gasteiger partial charge in [0.1, 0.15) is 0 Å². The second kappa shape index (κ2) is 6.59. The highest BCUT2D eigenvalue weighted by Gasteiger charge is 2.19. The lowest BCUT2D eigenvalue weighted by atomic mass is 9.91. The lowest BCUT2D eigenvalue weighted by Crippen LogP contribution is -2.40. The van der Waals surface area contributed by atoms with Crippen molar-refractivity contribution >= 4 is 5.69 Å². The molecule has 1 aromatic carbocycles. The van der Waals surface area contributed by atoms with E-state index in [-0.39, 0.29) is 0 Å². The average molecular weight is 273 g/mol. The minimum atomic E-state index is 0.423. The Bertz CT molecular complexity index is 432. The summed E-state index contributed by atoms with van der Waals surface area (Å²) in [5.74, 6) is 0. The van der Waals surface area contributed by atoms with Gasteiger partial charge in [0.15, 0.2) is 0 Å². The van der Waals surface area contributed by atoms with Crippen LogP contribution in [0.1, 0.15) is 37.7 Å². The van der Waals surface area contributed by atoms with Gasteiger partial charge in [0.2, 0.25) is 0 Å². The van der Waals surface area contributed by atoms with Crippen molar-refractivity contribution in [3.05, 3.63) is 29.8 Å². The highest BCUT2D eigenvalue weighted by atomic mass is 15.1. The van der Waals surface area contributed by atoms with E-state index in [1.54, 1.807) is 0 Å². The standard InChI is InChI=1S/C17H27N3/c18-15-6-3-7-16(13-15)19-10-4-11-20-12-9-14-5-1-2-8-17(14)20/h1-2,5,8,15-16,19H,3-4,6-7,9-13,18H2. The van der Waals surface area contributed by atoms with Crippen LogP contribution in [0.4, 0.5) is 5.69 Å². The number of hydrogen-bond donors (Lipinski definition) is 2. The molecule has 1 aliphatic carbocycles. The number of hydrogen-bond acceptors (Lipinski definition) is 3. The number of para-hydroxylation sites is 1. The van der Waals surface area contributed by atoms with Crippen molar-refractivity contribution in [2.75, 3.05) is 24.5 Å². The molecule has 0 aromatic heterocycles. The molecule has 3 heteroatoms. The maximum absolute atomic E-state index is 6.03. The summed E-state index contributed by atoms with van der Waals surface area (Å²) in [4.78, 5) is 2.53. The Labute approximate surface area is 122 Å². The van der Waals surface area contributed by atoms with Crippen molar-refractivity contribution in [1.29, 1.82) is 0 Å². The van der Waals surface area contributed by atoms with Crippen molar-refractivity contribution < 1.29 is 0 Å². The van der Waals surface area contributed by atoms with Gasteiger partial charge in [-0.1, -0.05) is 24.6 Å². The molecule has 2 unspecified atom stereocenters. The Balaban J connectivity index is 1.38. The highest BCUT2D eigenvalue weighted by molar-refractivity contribution is 5.57. The Morgan fingerprint density at radius 2 is 2.15 bits per heavy atom. The summed E-state index contributed by atoms with van der Waals surface area (Å²) >= 11 is 0. The molecule has 0 saturated heterocycles. The first-order chi connectivity index (χ1) is 9.83. The molecule has 2 aliphatic rings. The third kappa shape index (κ3) is 3.33. The van der Waals surface area contributed by atoms with E-state index in [9.17, 15) is 0 Å². The molecule has 20 heavy (non-hydrogen) atoms. The van der Waals surface area contributed by atoms with E-state index >= 15 is 0 Å². The maximum Gasteiger partial charge on any atom is 0.0399 e. The molecule has 2 atom stereocenters. The van der Waals surface area contributed by atoms with E-state index in [0.29, 0.717) is 12.1 Å². The van der Waals surface area contributed by atoms with Gasteiger partial charge in [-0.25, -0.2) is 0 Å². The van der Waals surface area contributed by atoms with Crippen molar-refractivity contribution in [3.8, 4) is 0 Å². The molecule has 1 aromatic rings. The maximum atomic E-state index is 6.03. The molecular formula is C17H27N3. The molecule has 0 bridgehead atoms. The van der Waals surface area contributed by atoms with Crippen LogP contribution in [0.3, 0.4) is 0 Å². The molecule has 110 valence electrons. The molecule has 3 nitrogen and oxygen atoms in total. The molecule has 1 aliphatic heterocycles. The van der Waals surface area contributed by atoms with Crippen molar-refractivity contribution in [1.82, 2.24) is 5.32 Å². The summed E-state index contributed by atoms with van der Waals surface area (Å²) in [7, 11) is 0. The first-order valence-electron chi connectivity index (χ1n) is 8.15. The number of fused-ring (bicyclic) bond motifs is 1. The van der Waals surface area contributed by atoms with Crippen LogP contribution < -0.4 is 16.0 Å². The third-order valence-electron chi connectivity index (χ3n) is 4.74. The number of rotatable bonds is 5. The molecule has 3 rings (SSSR count). The monoisotopic (exact) mass is 273 g/mol. The zero-order chi connectivity index (χ0) is 13.8. The second-order valence-electron chi connectivity index (χ2n) is 6.30. The Morgan fingerprint density at radius 1 is 1.25 bits per heavy atom. The van der Waals surface area contributed by atoms with Gasteiger partial charge < -0.3 is 16.0 Å². The van der Waals surface area contributed by atoms with Crippen molar-refractivity contribution in [3.63, 3.8) is 0 Å². The van der Waals surface area contributed by atoms with E-state index in [4.69, 9.17) is 5.73 Å². The molecular weight excluding hydrogens is 246 g/mol. The summed E-state index contributed by atoms with van der Waals surface area (Å²) in [5.41, 5.74) is 9.00. The normalized spacial score (nSPS) is 25.8. The minimum Gasteiger partial charge on any atom is -0.371 e. The summed E-state index contributed by atoms with van der Waals surface area (Å²) in [6.45, 7) is 3.48. The van der Waals surface area contributed by atoms with Crippen LogP contribution >= 0.6 is 0 Å². The van der Waals surface area contributed by atoms with Crippen LogP contribution in [-0.2, 0) is 6.42 Å². The van der Waals surface area contributed by atoms with Gasteiger partial charge in [-0.05, 0) is 50.3 Å². The second-order valence-corrected chi connectivity index (χ2v) is 6.30. The summed E-state index contributed by atoms with van der Waals surface area (Å²) in [5, 5.41) is 3.69. The molecule has 1 heterocycles. The first kappa shape index (κ1) is 13.9. The van der Waals surface area contributed by atoms with Gasteiger partial charge in [-0.15, -0.1) is 0 Å². The topological polar surface area (TPSA) is 41.3 Å². The SMILES string of the molecule is NC1CCCC(NCCCN2CCc3ccccc32)C1. The third-order valence-corrected chi connectivity index (χ3v) is 4.74. The predicted molar refractivity (Wildman–Crippen MR) is 85.2 cm³/mol. The number of nitrogens with zero attached hydrogens (tertiary/aromatic N) is 1. The van der Waals surface area contributed by atoms with Crippen molar-refractivity contribution in [2.24, 2.45) is 5.73 Å². The minimum absolute atomic E-state index is 0.423. The fourth-order valence-corrected chi connectivity index (χ4v) is 3.63. The lowest BCUT2D eigenvalue weighted by molar-refractivity contribution is 0.339. The number of benzene rings is 1. The van der Waals surface area contributed by atoms with Gasteiger partial charge in [-0.2, -0.15) is 0 Å². The van der Waals surface area contributed by atoms with E-state index in [1.807, 2.05) is 0 Å². The Kier molecular flexibility index (Phi) is 4.58. The van der Waals surface area contributed by atoms with E-state index in [1.165, 1.54) is 56.4 Å². The average Bonchev–Trinajstić information content (AvgIpc) is 2.87. The molecule has 0 radical (unpaired) electrons. The van der Waals surface area contributed by atoms with E-state index in [2.05, 4.69) is 34.5 Å². The fourth-order valence-electron chi connectivity index (χ4n) is 3.63. The van der Waals surface area contributed by atoms with E-state index in [0.717, 1.165) is 13.0 Å². The van der Waals surface area contributed by atoms with E-state index < -0.39 is 0 Å². The molecule has 0 amide bonds. The van der Waals surface area contributed by atoms with Crippen LogP contribution in [0, 0.1) is 0 Å².